The topological polar surface area (TPSA) is 117 Å². The highest BCUT2D eigenvalue weighted by atomic mass is 16.4. The maximum absolute atomic E-state index is 11.8. The molecule has 0 spiro atoms. The van der Waals surface area contributed by atoms with Crippen LogP contribution in [0.2, 0.25) is 0 Å². The lowest BCUT2D eigenvalue weighted by molar-refractivity contribution is -0.155. The molecule has 2 rings (SSSR count). The molecule has 0 aliphatic rings. The molecule has 0 aliphatic carbocycles. The molecule has 1 atom stereocenters. The Kier molecular flexibility index (Phi) is 3.99. The lowest BCUT2D eigenvalue weighted by Crippen LogP contribution is -2.46. The van der Waals surface area contributed by atoms with Gasteiger partial charge in [0.15, 0.2) is 11.3 Å². The number of carboxylic acids is 1. The number of benzene rings is 1. The van der Waals surface area contributed by atoms with Gasteiger partial charge in [-0.1, -0.05) is 23.4 Å². The number of nitrogens with one attached hydrogen (secondary N) is 1. The van der Waals surface area contributed by atoms with Gasteiger partial charge in [0.2, 0.25) is 0 Å². The second-order valence-corrected chi connectivity index (χ2v) is 4.65. The molecule has 3 N–H and O–H groups in total. The van der Waals surface area contributed by atoms with Crippen molar-refractivity contribution in [2.75, 3.05) is 6.54 Å². The number of aliphatic hydroxyl groups is 1. The number of nitrogens with zero attached hydrogens (tertiary/aromatic N) is 3. The molecule has 0 saturated heterocycles. The Morgan fingerprint density at radius 2 is 2.00 bits per heavy atom. The normalized spacial score (nSPS) is 13.4. The van der Waals surface area contributed by atoms with Crippen LogP contribution in [0.25, 0.3) is 5.69 Å². The van der Waals surface area contributed by atoms with Crippen LogP contribution in [0.15, 0.2) is 36.5 Å². The zero-order valence-corrected chi connectivity index (χ0v) is 11.2. The van der Waals surface area contributed by atoms with E-state index in [1.54, 1.807) is 12.1 Å². The minimum Gasteiger partial charge on any atom is -0.479 e. The molecule has 1 aromatic heterocycles. The van der Waals surface area contributed by atoms with E-state index in [-0.39, 0.29) is 5.69 Å². The maximum atomic E-state index is 11.8. The number of hydrogen-bond donors (Lipinski definition) is 3. The third kappa shape index (κ3) is 3.42. The molecule has 1 amide bonds. The highest BCUT2D eigenvalue weighted by molar-refractivity contribution is 5.92. The van der Waals surface area contributed by atoms with Gasteiger partial charge in [-0.2, -0.15) is 0 Å². The summed E-state index contributed by atoms with van der Waals surface area (Å²) in [6, 6.07) is 9.08. The molecule has 0 bridgehead atoms. The zero-order chi connectivity index (χ0) is 15.5. The summed E-state index contributed by atoms with van der Waals surface area (Å²) in [5.74, 6) is -2.03. The average molecular weight is 290 g/mol. The number of para-hydroxylation sites is 1. The molecule has 0 aliphatic heterocycles. The molecular formula is C13H14N4O4. The smallest absolute Gasteiger partial charge is 0.337 e. The molecule has 1 heterocycles. The Hall–Kier alpha value is -2.74. The number of aliphatic carboxylic acids is 1. The van der Waals surface area contributed by atoms with Crippen molar-refractivity contribution in [3.63, 3.8) is 0 Å². The Labute approximate surface area is 120 Å². The quantitative estimate of drug-likeness (QED) is 0.704. The summed E-state index contributed by atoms with van der Waals surface area (Å²) in [5, 5.41) is 28.1. The number of aromatic nitrogens is 3. The molecule has 2 aromatic rings. The highest BCUT2D eigenvalue weighted by Crippen LogP contribution is 2.06. The number of hydrogen-bond acceptors (Lipinski definition) is 5. The fourth-order valence-electron chi connectivity index (χ4n) is 1.49. The Morgan fingerprint density at radius 3 is 2.62 bits per heavy atom. The minimum atomic E-state index is -2.04. The van der Waals surface area contributed by atoms with E-state index < -0.39 is 24.0 Å². The minimum absolute atomic E-state index is 0.0278. The van der Waals surface area contributed by atoms with E-state index in [1.807, 2.05) is 18.2 Å². The Bertz CT molecular complexity index is 651. The van der Waals surface area contributed by atoms with E-state index in [1.165, 1.54) is 10.9 Å². The first-order valence-electron chi connectivity index (χ1n) is 6.12. The van der Waals surface area contributed by atoms with E-state index in [0.717, 1.165) is 12.6 Å². The number of rotatable bonds is 5. The number of amides is 1. The first kappa shape index (κ1) is 14.7. The van der Waals surface area contributed by atoms with Crippen molar-refractivity contribution >= 4 is 11.9 Å². The van der Waals surface area contributed by atoms with Crippen LogP contribution in [-0.2, 0) is 4.79 Å². The van der Waals surface area contributed by atoms with Gasteiger partial charge in [0.05, 0.1) is 18.4 Å². The van der Waals surface area contributed by atoms with Crippen LogP contribution >= 0.6 is 0 Å². The molecule has 110 valence electrons. The molecule has 8 nitrogen and oxygen atoms in total. The predicted molar refractivity (Wildman–Crippen MR) is 72.0 cm³/mol. The molecule has 0 radical (unpaired) electrons. The fourth-order valence-corrected chi connectivity index (χ4v) is 1.49. The number of carbonyl (C=O) groups excluding carboxylic acids is 1. The third-order valence-corrected chi connectivity index (χ3v) is 2.80. The summed E-state index contributed by atoms with van der Waals surface area (Å²) in [5.41, 5.74) is -1.27. The first-order chi connectivity index (χ1) is 9.90. The third-order valence-electron chi connectivity index (χ3n) is 2.80. The van der Waals surface area contributed by atoms with E-state index >= 15 is 0 Å². The largest absolute Gasteiger partial charge is 0.479 e. The average Bonchev–Trinajstić information content (AvgIpc) is 2.95. The van der Waals surface area contributed by atoms with Gasteiger partial charge >= 0.3 is 5.97 Å². The van der Waals surface area contributed by atoms with Crippen molar-refractivity contribution in [3.8, 4) is 5.69 Å². The molecular weight excluding hydrogens is 276 g/mol. The maximum Gasteiger partial charge on any atom is 0.337 e. The van der Waals surface area contributed by atoms with Gasteiger partial charge in [0.1, 0.15) is 0 Å². The van der Waals surface area contributed by atoms with Gasteiger partial charge in [0, 0.05) is 0 Å². The predicted octanol–water partition coefficient (Wildman–Crippen LogP) is -0.167. The fraction of sp³-hybridized carbons (Fsp3) is 0.231. The van der Waals surface area contributed by atoms with Crippen LogP contribution in [0.4, 0.5) is 0 Å². The van der Waals surface area contributed by atoms with Crippen LogP contribution in [-0.4, -0.2) is 49.2 Å². The zero-order valence-electron chi connectivity index (χ0n) is 11.2. The summed E-state index contributed by atoms with van der Waals surface area (Å²) in [4.78, 5) is 22.6. The van der Waals surface area contributed by atoms with Crippen molar-refractivity contribution in [2.45, 2.75) is 12.5 Å². The van der Waals surface area contributed by atoms with Crippen LogP contribution in [0.1, 0.15) is 17.4 Å². The highest BCUT2D eigenvalue weighted by Gasteiger charge is 2.30. The van der Waals surface area contributed by atoms with Crippen LogP contribution in [0, 0.1) is 0 Å². The summed E-state index contributed by atoms with van der Waals surface area (Å²) >= 11 is 0. The van der Waals surface area contributed by atoms with Crippen LogP contribution in [0.3, 0.4) is 0 Å². The molecule has 0 fully saturated rings. The summed E-state index contributed by atoms with van der Waals surface area (Å²) < 4.78 is 1.42. The summed E-state index contributed by atoms with van der Waals surface area (Å²) in [6.07, 6.45) is 1.42. The SMILES string of the molecule is CC(O)(CNC(=O)c1cn(-c2ccccc2)nn1)C(=O)O. The van der Waals surface area contributed by atoms with Crippen LogP contribution in [0.5, 0.6) is 0 Å². The van der Waals surface area contributed by atoms with Crippen molar-refractivity contribution in [2.24, 2.45) is 0 Å². The standard InChI is InChI=1S/C13H14N4O4/c1-13(21,12(19)20)8-14-11(18)10-7-17(16-15-10)9-5-3-2-4-6-9/h2-7,21H,8H2,1H3,(H,14,18)(H,19,20). The Balaban J connectivity index is 2.05. The molecule has 21 heavy (non-hydrogen) atoms. The van der Waals surface area contributed by atoms with Gasteiger partial charge in [-0.25, -0.2) is 9.48 Å². The van der Waals surface area contributed by atoms with Gasteiger partial charge in [-0.3, -0.25) is 4.79 Å². The molecule has 1 aromatic carbocycles. The van der Waals surface area contributed by atoms with Crippen molar-refractivity contribution in [1.82, 2.24) is 20.3 Å². The van der Waals surface area contributed by atoms with Gasteiger partial charge in [-0.05, 0) is 19.1 Å². The monoisotopic (exact) mass is 290 g/mol. The van der Waals surface area contributed by atoms with Gasteiger partial charge in [-0.15, -0.1) is 5.10 Å². The van der Waals surface area contributed by atoms with Crippen LogP contribution < -0.4 is 5.32 Å². The van der Waals surface area contributed by atoms with Gasteiger partial charge in [0.25, 0.3) is 5.91 Å². The number of carboxylic acid groups (broad SMARTS) is 1. The summed E-state index contributed by atoms with van der Waals surface area (Å²) in [6.45, 7) is 0.662. The summed E-state index contributed by atoms with van der Waals surface area (Å²) in [7, 11) is 0. The Morgan fingerprint density at radius 1 is 1.33 bits per heavy atom. The first-order valence-corrected chi connectivity index (χ1v) is 6.12. The molecule has 0 saturated carbocycles. The molecule has 1 unspecified atom stereocenters. The lowest BCUT2D eigenvalue weighted by atomic mass is 10.1. The lowest BCUT2D eigenvalue weighted by Gasteiger charge is -2.17. The van der Waals surface area contributed by atoms with E-state index in [2.05, 4.69) is 15.6 Å². The van der Waals surface area contributed by atoms with E-state index in [9.17, 15) is 14.7 Å². The van der Waals surface area contributed by atoms with Crippen molar-refractivity contribution in [1.29, 1.82) is 0 Å². The number of carbonyl (C=O) groups is 2. The molecule has 8 heteroatoms. The van der Waals surface area contributed by atoms with Crippen molar-refractivity contribution < 1.29 is 19.8 Å². The van der Waals surface area contributed by atoms with E-state index in [0.29, 0.717) is 0 Å². The van der Waals surface area contributed by atoms with Crippen molar-refractivity contribution in [3.05, 3.63) is 42.2 Å². The van der Waals surface area contributed by atoms with E-state index in [4.69, 9.17) is 5.11 Å². The second kappa shape index (κ2) is 5.71. The second-order valence-electron chi connectivity index (χ2n) is 4.65. The van der Waals surface area contributed by atoms with Gasteiger partial charge < -0.3 is 15.5 Å².